The smallest absolute Gasteiger partial charge is 0.301 e. The van der Waals surface area contributed by atoms with Gasteiger partial charge in [-0.25, -0.2) is 4.72 Å². The summed E-state index contributed by atoms with van der Waals surface area (Å²) >= 11 is 0. The highest BCUT2D eigenvalue weighted by Crippen LogP contribution is 1.91. The van der Waals surface area contributed by atoms with E-state index in [1.807, 2.05) is 4.72 Å². The zero-order valence-corrected chi connectivity index (χ0v) is 8.69. The van der Waals surface area contributed by atoms with Gasteiger partial charge in [0.15, 0.2) is 0 Å². The first-order valence-corrected chi connectivity index (χ1v) is 6.09. The van der Waals surface area contributed by atoms with Crippen LogP contribution in [0.4, 0.5) is 0 Å². The van der Waals surface area contributed by atoms with Gasteiger partial charge in [0.05, 0.1) is 0 Å². The van der Waals surface area contributed by atoms with E-state index in [-0.39, 0.29) is 6.42 Å². The predicted molar refractivity (Wildman–Crippen MR) is 51.8 cm³/mol. The van der Waals surface area contributed by atoms with Crippen molar-refractivity contribution in [1.29, 1.82) is 0 Å². The molecule has 0 unspecified atom stereocenters. The molecule has 1 fully saturated rings. The van der Waals surface area contributed by atoms with E-state index in [0.29, 0.717) is 13.0 Å². The molecule has 3 N–H and O–H groups in total. The van der Waals surface area contributed by atoms with E-state index in [0.717, 1.165) is 19.5 Å². The van der Waals surface area contributed by atoms with E-state index < -0.39 is 16.1 Å². The van der Waals surface area contributed by atoms with Gasteiger partial charge in [0.25, 0.3) is 0 Å². The van der Waals surface area contributed by atoms with Gasteiger partial charge in [-0.3, -0.25) is 4.79 Å². The largest absolute Gasteiger partial charge is 0.317 e. The Morgan fingerprint density at radius 2 is 1.79 bits per heavy atom. The molecule has 1 heterocycles. The summed E-state index contributed by atoms with van der Waals surface area (Å²) in [5.74, 6) is -0.457. The highest BCUT2D eigenvalue weighted by molar-refractivity contribution is 7.88. The van der Waals surface area contributed by atoms with Gasteiger partial charge in [-0.2, -0.15) is 13.1 Å². The second kappa shape index (κ2) is 5.28. The lowest BCUT2D eigenvalue weighted by molar-refractivity contribution is -0.119. The molecule has 82 valence electrons. The standard InChI is InChI=1S/C7H15N3O3S/c11-7-3-1-4-8-5-2-6-9-14(12,13)10-7/h8-9H,1-6H2,(H,10,11). The lowest BCUT2D eigenvalue weighted by Crippen LogP contribution is -2.40. The van der Waals surface area contributed by atoms with Crippen LogP contribution in [0.5, 0.6) is 0 Å². The number of carbonyl (C=O) groups excluding carboxylic acids is 1. The van der Waals surface area contributed by atoms with Crippen LogP contribution in [-0.2, 0) is 15.0 Å². The Kier molecular flexibility index (Phi) is 4.30. The lowest BCUT2D eigenvalue weighted by atomic mass is 10.3. The van der Waals surface area contributed by atoms with Crippen molar-refractivity contribution in [3.8, 4) is 0 Å². The molecular weight excluding hydrogens is 206 g/mol. The van der Waals surface area contributed by atoms with E-state index in [4.69, 9.17) is 0 Å². The minimum atomic E-state index is -3.62. The fourth-order valence-corrected chi connectivity index (χ4v) is 2.04. The van der Waals surface area contributed by atoms with Crippen LogP contribution < -0.4 is 14.8 Å². The number of carbonyl (C=O) groups is 1. The second-order valence-electron chi connectivity index (χ2n) is 3.13. The number of nitrogens with one attached hydrogen (secondary N) is 3. The van der Waals surface area contributed by atoms with Crippen LogP contribution in [0.3, 0.4) is 0 Å². The fraction of sp³-hybridized carbons (Fsp3) is 0.857. The molecule has 0 bridgehead atoms. The Morgan fingerprint density at radius 1 is 1.07 bits per heavy atom. The summed E-state index contributed by atoms with van der Waals surface area (Å²) in [4.78, 5) is 11.1. The third-order valence-electron chi connectivity index (χ3n) is 1.83. The number of amides is 1. The molecule has 1 amide bonds. The van der Waals surface area contributed by atoms with E-state index in [9.17, 15) is 13.2 Å². The minimum absolute atomic E-state index is 0.230. The minimum Gasteiger partial charge on any atom is -0.317 e. The first-order chi connectivity index (χ1) is 6.60. The summed E-state index contributed by atoms with van der Waals surface area (Å²) in [5, 5.41) is 3.12. The topological polar surface area (TPSA) is 87.3 Å². The molecule has 1 aliphatic heterocycles. The molecule has 0 saturated carbocycles. The maximum atomic E-state index is 11.1. The predicted octanol–water partition coefficient (Wildman–Crippen LogP) is -1.29. The highest BCUT2D eigenvalue weighted by atomic mass is 32.2. The van der Waals surface area contributed by atoms with Crippen molar-refractivity contribution in [1.82, 2.24) is 14.8 Å². The summed E-state index contributed by atoms with van der Waals surface area (Å²) in [6.07, 6.45) is 1.60. The van der Waals surface area contributed by atoms with Gasteiger partial charge in [0.1, 0.15) is 0 Å². The Labute approximate surface area is 83.6 Å². The summed E-state index contributed by atoms with van der Waals surface area (Å²) in [6.45, 7) is 1.85. The van der Waals surface area contributed by atoms with Gasteiger partial charge < -0.3 is 5.32 Å². The van der Waals surface area contributed by atoms with Crippen molar-refractivity contribution < 1.29 is 13.2 Å². The van der Waals surface area contributed by atoms with Crippen LogP contribution in [0.25, 0.3) is 0 Å². The molecular formula is C7H15N3O3S. The van der Waals surface area contributed by atoms with Gasteiger partial charge in [-0.1, -0.05) is 0 Å². The molecule has 0 aliphatic carbocycles. The van der Waals surface area contributed by atoms with E-state index in [2.05, 4.69) is 10.0 Å². The van der Waals surface area contributed by atoms with Crippen molar-refractivity contribution >= 4 is 16.1 Å². The summed E-state index contributed by atoms with van der Waals surface area (Å²) in [7, 11) is -3.62. The van der Waals surface area contributed by atoms with Crippen LogP contribution in [0, 0.1) is 0 Å². The van der Waals surface area contributed by atoms with E-state index >= 15 is 0 Å². The molecule has 1 saturated heterocycles. The van der Waals surface area contributed by atoms with Crippen LogP contribution in [0.2, 0.25) is 0 Å². The Hall–Kier alpha value is -0.660. The van der Waals surface area contributed by atoms with Crippen LogP contribution in [0.1, 0.15) is 19.3 Å². The first-order valence-electron chi connectivity index (χ1n) is 4.61. The SMILES string of the molecule is O=C1CCCNCCCNS(=O)(=O)N1. The van der Waals surface area contributed by atoms with Crippen molar-refractivity contribution in [2.24, 2.45) is 0 Å². The van der Waals surface area contributed by atoms with Crippen molar-refractivity contribution in [2.75, 3.05) is 19.6 Å². The maximum Gasteiger partial charge on any atom is 0.301 e. The summed E-state index contributed by atoms with van der Waals surface area (Å²) < 4.78 is 26.5. The van der Waals surface area contributed by atoms with Gasteiger partial charge in [-0.15, -0.1) is 0 Å². The highest BCUT2D eigenvalue weighted by Gasteiger charge is 2.13. The number of rotatable bonds is 0. The van der Waals surface area contributed by atoms with Gasteiger partial charge in [-0.05, 0) is 25.9 Å². The van der Waals surface area contributed by atoms with Crippen LogP contribution in [0.15, 0.2) is 0 Å². The molecule has 1 rings (SSSR count). The zero-order chi connectivity index (χ0) is 10.4. The monoisotopic (exact) mass is 221 g/mol. The normalized spacial score (nSPS) is 24.7. The van der Waals surface area contributed by atoms with Crippen molar-refractivity contribution in [3.63, 3.8) is 0 Å². The fourth-order valence-electron chi connectivity index (χ4n) is 1.16. The zero-order valence-electron chi connectivity index (χ0n) is 7.88. The quantitative estimate of drug-likeness (QED) is 0.475. The van der Waals surface area contributed by atoms with E-state index in [1.54, 1.807) is 0 Å². The molecule has 0 aromatic heterocycles. The van der Waals surface area contributed by atoms with E-state index in [1.165, 1.54) is 0 Å². The third-order valence-corrected chi connectivity index (χ3v) is 2.91. The molecule has 6 nitrogen and oxygen atoms in total. The van der Waals surface area contributed by atoms with Crippen molar-refractivity contribution in [3.05, 3.63) is 0 Å². The molecule has 0 atom stereocenters. The summed E-state index contributed by atoms with van der Waals surface area (Å²) in [6, 6.07) is 0. The molecule has 7 heteroatoms. The Morgan fingerprint density at radius 3 is 2.57 bits per heavy atom. The number of hydrogen-bond acceptors (Lipinski definition) is 4. The molecule has 0 aromatic carbocycles. The number of hydrogen-bond donors (Lipinski definition) is 3. The van der Waals surface area contributed by atoms with Crippen LogP contribution >= 0.6 is 0 Å². The van der Waals surface area contributed by atoms with Gasteiger partial charge in [0.2, 0.25) is 5.91 Å². The average molecular weight is 221 g/mol. The van der Waals surface area contributed by atoms with Gasteiger partial charge in [0, 0.05) is 13.0 Å². The molecule has 0 radical (unpaired) electrons. The van der Waals surface area contributed by atoms with Crippen molar-refractivity contribution in [2.45, 2.75) is 19.3 Å². The van der Waals surface area contributed by atoms with Crippen LogP contribution in [-0.4, -0.2) is 34.0 Å². The molecule has 14 heavy (non-hydrogen) atoms. The lowest BCUT2D eigenvalue weighted by Gasteiger charge is -2.05. The Bertz CT molecular complexity index is 289. The molecule has 0 spiro atoms. The molecule has 1 aliphatic rings. The second-order valence-corrected chi connectivity index (χ2v) is 4.63. The molecule has 0 aromatic rings. The summed E-state index contributed by atoms with van der Waals surface area (Å²) in [5.41, 5.74) is 0. The third kappa shape index (κ3) is 4.54. The Balaban J connectivity index is 2.53. The van der Waals surface area contributed by atoms with Gasteiger partial charge >= 0.3 is 10.2 Å². The maximum absolute atomic E-state index is 11.1. The average Bonchev–Trinajstić information content (AvgIpc) is 2.10. The first kappa shape index (κ1) is 11.4.